The van der Waals surface area contributed by atoms with Gasteiger partial charge in [-0.3, -0.25) is 4.99 Å². The minimum atomic E-state index is -0.394. The van der Waals surface area contributed by atoms with E-state index in [9.17, 15) is 8.78 Å². The zero-order chi connectivity index (χ0) is 16.2. The predicted octanol–water partition coefficient (Wildman–Crippen LogP) is 3.20. The Morgan fingerprint density at radius 1 is 1.22 bits per heavy atom. The summed E-state index contributed by atoms with van der Waals surface area (Å²) in [4.78, 5) is 6.68. The molecule has 1 saturated carbocycles. The summed E-state index contributed by atoms with van der Waals surface area (Å²) in [5.41, 5.74) is 0.406. The number of likely N-dealkylation sites (tertiary alicyclic amines) is 1. The molecule has 0 radical (unpaired) electrons. The zero-order valence-corrected chi connectivity index (χ0v) is 13.7. The summed E-state index contributed by atoms with van der Waals surface area (Å²) in [5, 5.41) is 3.30. The average Bonchev–Trinajstić information content (AvgIpc) is 2.98. The van der Waals surface area contributed by atoms with E-state index in [-0.39, 0.29) is 5.82 Å². The highest BCUT2D eigenvalue weighted by atomic mass is 19.1. The molecule has 1 aliphatic carbocycles. The molecule has 3 rings (SSSR count). The second-order valence-corrected chi connectivity index (χ2v) is 6.67. The van der Waals surface area contributed by atoms with E-state index in [1.807, 2.05) is 0 Å². The monoisotopic (exact) mass is 321 g/mol. The summed E-state index contributed by atoms with van der Waals surface area (Å²) in [6, 6.07) is 3.60. The SMILES string of the molecule is CN=C(NCCc1cc(F)ccc1F)N1CC2CCCCC2C1. The Morgan fingerprint density at radius 3 is 2.57 bits per heavy atom. The van der Waals surface area contributed by atoms with E-state index in [4.69, 9.17) is 0 Å². The van der Waals surface area contributed by atoms with Crippen molar-refractivity contribution in [3.8, 4) is 0 Å². The van der Waals surface area contributed by atoms with Gasteiger partial charge in [0.1, 0.15) is 11.6 Å². The Labute approximate surface area is 136 Å². The fourth-order valence-corrected chi connectivity index (χ4v) is 3.95. The molecule has 0 aromatic heterocycles. The summed E-state index contributed by atoms with van der Waals surface area (Å²) in [7, 11) is 1.78. The Morgan fingerprint density at radius 2 is 1.91 bits per heavy atom. The van der Waals surface area contributed by atoms with Crippen LogP contribution in [0.25, 0.3) is 0 Å². The first-order valence-electron chi connectivity index (χ1n) is 8.57. The van der Waals surface area contributed by atoms with Crippen LogP contribution in [0.3, 0.4) is 0 Å². The second kappa shape index (κ2) is 7.28. The van der Waals surface area contributed by atoms with Crippen molar-refractivity contribution in [1.82, 2.24) is 10.2 Å². The van der Waals surface area contributed by atoms with Crippen LogP contribution in [0.15, 0.2) is 23.2 Å². The molecule has 2 fully saturated rings. The van der Waals surface area contributed by atoms with Gasteiger partial charge >= 0.3 is 0 Å². The van der Waals surface area contributed by atoms with Crippen LogP contribution in [0.1, 0.15) is 31.2 Å². The number of fused-ring (bicyclic) bond motifs is 1. The van der Waals surface area contributed by atoms with E-state index in [1.165, 1.54) is 37.8 Å². The fraction of sp³-hybridized carbons (Fsp3) is 0.611. The highest BCUT2D eigenvalue weighted by Gasteiger charge is 2.35. The lowest BCUT2D eigenvalue weighted by Crippen LogP contribution is -2.41. The van der Waals surface area contributed by atoms with Crippen molar-refractivity contribution >= 4 is 5.96 Å². The van der Waals surface area contributed by atoms with E-state index < -0.39 is 5.82 Å². The number of rotatable bonds is 3. The van der Waals surface area contributed by atoms with E-state index in [2.05, 4.69) is 15.2 Å². The quantitative estimate of drug-likeness (QED) is 0.684. The van der Waals surface area contributed by atoms with Gasteiger partial charge in [0.05, 0.1) is 0 Å². The van der Waals surface area contributed by atoms with Crippen molar-refractivity contribution in [3.63, 3.8) is 0 Å². The summed E-state index contributed by atoms with van der Waals surface area (Å²) >= 11 is 0. The lowest BCUT2D eigenvalue weighted by molar-refractivity contribution is 0.299. The Balaban J connectivity index is 1.53. The van der Waals surface area contributed by atoms with Gasteiger partial charge in [0.25, 0.3) is 0 Å². The van der Waals surface area contributed by atoms with Crippen molar-refractivity contribution < 1.29 is 8.78 Å². The highest BCUT2D eigenvalue weighted by Crippen LogP contribution is 2.35. The third kappa shape index (κ3) is 3.82. The lowest BCUT2D eigenvalue weighted by atomic mass is 9.82. The average molecular weight is 321 g/mol. The number of nitrogens with one attached hydrogen (secondary N) is 1. The third-order valence-corrected chi connectivity index (χ3v) is 5.17. The van der Waals surface area contributed by atoms with Crippen molar-refractivity contribution in [2.24, 2.45) is 16.8 Å². The van der Waals surface area contributed by atoms with Gasteiger partial charge in [-0.2, -0.15) is 0 Å². The first-order valence-corrected chi connectivity index (χ1v) is 8.57. The molecule has 1 heterocycles. The van der Waals surface area contributed by atoms with Crippen LogP contribution < -0.4 is 5.32 Å². The van der Waals surface area contributed by atoms with Gasteiger partial charge in [0, 0.05) is 26.7 Å². The van der Waals surface area contributed by atoms with Gasteiger partial charge in [-0.15, -0.1) is 0 Å². The molecule has 0 bridgehead atoms. The van der Waals surface area contributed by atoms with E-state index >= 15 is 0 Å². The van der Waals surface area contributed by atoms with Crippen LogP contribution in [0.5, 0.6) is 0 Å². The summed E-state index contributed by atoms with van der Waals surface area (Å²) < 4.78 is 26.8. The molecular weight excluding hydrogens is 296 g/mol. The van der Waals surface area contributed by atoms with Crippen LogP contribution in [0.2, 0.25) is 0 Å². The van der Waals surface area contributed by atoms with Gasteiger partial charge in [-0.1, -0.05) is 12.8 Å². The molecule has 1 N–H and O–H groups in total. The maximum absolute atomic E-state index is 13.6. The van der Waals surface area contributed by atoms with Crippen molar-refractivity contribution in [2.75, 3.05) is 26.7 Å². The number of guanidine groups is 1. The zero-order valence-electron chi connectivity index (χ0n) is 13.7. The van der Waals surface area contributed by atoms with Gasteiger partial charge in [-0.25, -0.2) is 8.78 Å². The summed E-state index contributed by atoms with van der Waals surface area (Å²) in [5.74, 6) is 1.73. The minimum Gasteiger partial charge on any atom is -0.356 e. The predicted molar refractivity (Wildman–Crippen MR) is 88.4 cm³/mol. The molecule has 3 nitrogen and oxygen atoms in total. The number of nitrogens with zero attached hydrogens (tertiary/aromatic N) is 2. The molecule has 2 unspecified atom stereocenters. The van der Waals surface area contributed by atoms with Crippen LogP contribution in [0, 0.1) is 23.5 Å². The first kappa shape index (κ1) is 16.2. The van der Waals surface area contributed by atoms with E-state index in [0.717, 1.165) is 37.0 Å². The molecule has 126 valence electrons. The largest absolute Gasteiger partial charge is 0.356 e. The van der Waals surface area contributed by atoms with Crippen molar-refractivity contribution in [2.45, 2.75) is 32.1 Å². The molecule has 1 saturated heterocycles. The third-order valence-electron chi connectivity index (χ3n) is 5.17. The molecule has 1 aliphatic heterocycles. The number of aliphatic imine (C=N–C) groups is 1. The highest BCUT2D eigenvalue weighted by molar-refractivity contribution is 5.80. The summed E-state index contributed by atoms with van der Waals surface area (Å²) in [6.45, 7) is 2.69. The molecule has 1 aromatic rings. The topological polar surface area (TPSA) is 27.6 Å². The number of hydrogen-bond acceptors (Lipinski definition) is 1. The first-order chi connectivity index (χ1) is 11.2. The maximum Gasteiger partial charge on any atom is 0.193 e. The molecule has 0 spiro atoms. The van der Waals surface area contributed by atoms with Crippen LogP contribution in [0.4, 0.5) is 8.78 Å². The molecule has 1 aromatic carbocycles. The van der Waals surface area contributed by atoms with Gasteiger partial charge in [-0.05, 0) is 54.9 Å². The number of benzene rings is 1. The van der Waals surface area contributed by atoms with Crippen LogP contribution in [-0.2, 0) is 6.42 Å². The Bertz CT molecular complexity index is 559. The molecule has 23 heavy (non-hydrogen) atoms. The van der Waals surface area contributed by atoms with Crippen LogP contribution >= 0.6 is 0 Å². The molecular formula is C18H25F2N3. The molecule has 0 amide bonds. The number of hydrogen-bond donors (Lipinski definition) is 1. The minimum absolute atomic E-state index is 0.352. The molecule has 5 heteroatoms. The second-order valence-electron chi connectivity index (χ2n) is 6.67. The summed E-state index contributed by atoms with van der Waals surface area (Å²) in [6.07, 6.45) is 5.79. The Kier molecular flexibility index (Phi) is 5.13. The van der Waals surface area contributed by atoms with Gasteiger partial charge in [0.15, 0.2) is 5.96 Å². The van der Waals surface area contributed by atoms with Crippen molar-refractivity contribution in [1.29, 1.82) is 0 Å². The van der Waals surface area contributed by atoms with E-state index in [1.54, 1.807) is 7.05 Å². The molecule has 2 aliphatic rings. The van der Waals surface area contributed by atoms with Gasteiger partial charge in [0.2, 0.25) is 0 Å². The fourth-order valence-electron chi connectivity index (χ4n) is 3.95. The Hall–Kier alpha value is -1.65. The smallest absolute Gasteiger partial charge is 0.193 e. The van der Waals surface area contributed by atoms with Crippen molar-refractivity contribution in [3.05, 3.63) is 35.4 Å². The number of halogens is 2. The normalized spacial score (nSPS) is 24.7. The lowest BCUT2D eigenvalue weighted by Gasteiger charge is -2.22. The van der Waals surface area contributed by atoms with E-state index in [0.29, 0.717) is 18.5 Å². The van der Waals surface area contributed by atoms with Gasteiger partial charge < -0.3 is 10.2 Å². The van der Waals surface area contributed by atoms with Crippen LogP contribution in [-0.4, -0.2) is 37.5 Å². The maximum atomic E-state index is 13.6. The standard InChI is InChI=1S/C18H25F2N3/c1-21-18(23-11-14-4-2-3-5-15(14)12-23)22-9-8-13-10-16(19)6-7-17(13)20/h6-7,10,14-15H,2-5,8-9,11-12H2,1H3,(H,21,22). The molecule has 2 atom stereocenters.